The summed E-state index contributed by atoms with van der Waals surface area (Å²) in [4.78, 5) is 25.3. The van der Waals surface area contributed by atoms with Crippen molar-refractivity contribution in [2.45, 2.75) is 45.0 Å². The van der Waals surface area contributed by atoms with E-state index in [4.69, 9.17) is 19.3 Å². The summed E-state index contributed by atoms with van der Waals surface area (Å²) in [5, 5.41) is 9.15. The highest BCUT2D eigenvalue weighted by Gasteiger charge is 2.39. The lowest BCUT2D eigenvalue weighted by atomic mass is 10.0. The number of aliphatic hydroxyl groups is 1. The van der Waals surface area contributed by atoms with E-state index in [-0.39, 0.29) is 19.3 Å². The SMILES string of the molecule is Cc1ccc(C(=O)OC[C@H]2O[C@H](c3ccc(CCO)cc3)C[C@@H]2OC(=O)c2ccc(C)cc2)cc1. The van der Waals surface area contributed by atoms with Crippen molar-refractivity contribution in [3.63, 3.8) is 0 Å². The molecule has 1 aliphatic heterocycles. The Morgan fingerprint density at radius 1 is 0.857 bits per heavy atom. The molecule has 0 amide bonds. The smallest absolute Gasteiger partial charge is 0.338 e. The molecule has 3 aromatic carbocycles. The molecule has 6 heteroatoms. The molecule has 1 saturated heterocycles. The first kappa shape index (κ1) is 24.6. The van der Waals surface area contributed by atoms with Crippen molar-refractivity contribution in [3.8, 4) is 0 Å². The molecule has 3 aromatic rings. The molecule has 0 unspecified atom stereocenters. The van der Waals surface area contributed by atoms with E-state index in [2.05, 4.69) is 0 Å². The Labute approximate surface area is 205 Å². The van der Waals surface area contributed by atoms with Crippen LogP contribution < -0.4 is 0 Å². The molecule has 0 aliphatic carbocycles. The molecule has 1 N–H and O–H groups in total. The van der Waals surface area contributed by atoms with Crippen molar-refractivity contribution in [1.82, 2.24) is 0 Å². The minimum atomic E-state index is -0.596. The molecule has 0 aromatic heterocycles. The first-order chi connectivity index (χ1) is 16.9. The Morgan fingerprint density at radius 2 is 1.43 bits per heavy atom. The van der Waals surface area contributed by atoms with Gasteiger partial charge in [-0.25, -0.2) is 9.59 Å². The van der Waals surface area contributed by atoms with Gasteiger partial charge in [0.15, 0.2) is 0 Å². The van der Waals surface area contributed by atoms with Crippen molar-refractivity contribution < 1.29 is 28.9 Å². The molecule has 182 valence electrons. The molecule has 0 saturated carbocycles. The third kappa shape index (κ3) is 6.35. The number of carbonyl (C=O) groups excluding carboxylic acids is 2. The summed E-state index contributed by atoms with van der Waals surface area (Å²) in [6, 6.07) is 22.1. The highest BCUT2D eigenvalue weighted by molar-refractivity contribution is 5.90. The summed E-state index contributed by atoms with van der Waals surface area (Å²) >= 11 is 0. The van der Waals surface area contributed by atoms with Crippen LogP contribution in [-0.2, 0) is 20.6 Å². The minimum Gasteiger partial charge on any atom is -0.459 e. The third-order valence-corrected chi connectivity index (χ3v) is 6.16. The standard InChI is InChI=1S/C29H30O6/c1-19-3-9-23(10-4-19)28(31)33-18-27-26(35-29(32)24-11-5-20(2)6-12-24)17-25(34-27)22-13-7-21(8-14-22)15-16-30/h3-14,25-27,30H,15-18H2,1-2H3/t25-,26-,27+/m0/s1. The minimum absolute atomic E-state index is 0.0301. The number of benzene rings is 3. The Hall–Kier alpha value is -3.48. The second-order valence-corrected chi connectivity index (χ2v) is 8.89. The van der Waals surface area contributed by atoms with Gasteiger partial charge in [-0.15, -0.1) is 0 Å². The third-order valence-electron chi connectivity index (χ3n) is 6.16. The predicted molar refractivity (Wildman–Crippen MR) is 131 cm³/mol. The Balaban J connectivity index is 1.47. The molecule has 1 fully saturated rings. The maximum absolute atomic E-state index is 12.8. The van der Waals surface area contributed by atoms with Crippen LogP contribution in [0.4, 0.5) is 0 Å². The number of ether oxygens (including phenoxy) is 3. The van der Waals surface area contributed by atoms with Gasteiger partial charge in [0.1, 0.15) is 18.8 Å². The zero-order chi connectivity index (χ0) is 24.8. The summed E-state index contributed by atoms with van der Waals surface area (Å²) in [7, 11) is 0. The topological polar surface area (TPSA) is 82.1 Å². The molecule has 6 nitrogen and oxygen atoms in total. The molecular formula is C29H30O6. The Morgan fingerprint density at radius 3 is 2.00 bits per heavy atom. The van der Waals surface area contributed by atoms with Crippen LogP contribution in [0.5, 0.6) is 0 Å². The number of esters is 2. The van der Waals surface area contributed by atoms with E-state index in [0.29, 0.717) is 24.0 Å². The van der Waals surface area contributed by atoms with E-state index in [0.717, 1.165) is 22.3 Å². The van der Waals surface area contributed by atoms with Crippen LogP contribution in [0.3, 0.4) is 0 Å². The summed E-state index contributed by atoms with van der Waals surface area (Å²) in [5.41, 5.74) is 4.99. The van der Waals surface area contributed by atoms with Gasteiger partial charge < -0.3 is 19.3 Å². The maximum Gasteiger partial charge on any atom is 0.338 e. The molecule has 4 rings (SSSR count). The van der Waals surface area contributed by atoms with Crippen molar-refractivity contribution >= 4 is 11.9 Å². The number of aliphatic hydroxyl groups excluding tert-OH is 1. The molecule has 0 spiro atoms. The lowest BCUT2D eigenvalue weighted by molar-refractivity contribution is -0.0427. The fraction of sp³-hybridized carbons (Fsp3) is 0.310. The van der Waals surface area contributed by atoms with Gasteiger partial charge in [0.25, 0.3) is 0 Å². The largest absolute Gasteiger partial charge is 0.459 e. The quantitative estimate of drug-likeness (QED) is 0.475. The van der Waals surface area contributed by atoms with Crippen LogP contribution in [0.25, 0.3) is 0 Å². The van der Waals surface area contributed by atoms with Crippen molar-refractivity contribution in [1.29, 1.82) is 0 Å². The van der Waals surface area contributed by atoms with Crippen LogP contribution in [0.2, 0.25) is 0 Å². The lowest BCUT2D eigenvalue weighted by Gasteiger charge is -2.19. The van der Waals surface area contributed by atoms with Crippen molar-refractivity contribution in [2.75, 3.05) is 13.2 Å². The fourth-order valence-corrected chi connectivity index (χ4v) is 4.06. The number of carbonyl (C=O) groups is 2. The summed E-state index contributed by atoms with van der Waals surface area (Å²) < 4.78 is 17.6. The highest BCUT2D eigenvalue weighted by Crippen LogP contribution is 2.35. The maximum atomic E-state index is 12.8. The van der Waals surface area contributed by atoms with E-state index in [1.165, 1.54) is 0 Å². The molecule has 3 atom stereocenters. The fourth-order valence-electron chi connectivity index (χ4n) is 4.06. The van der Waals surface area contributed by atoms with E-state index < -0.39 is 24.1 Å². The lowest BCUT2D eigenvalue weighted by Crippen LogP contribution is -2.32. The first-order valence-electron chi connectivity index (χ1n) is 11.8. The number of hydrogen-bond acceptors (Lipinski definition) is 6. The van der Waals surface area contributed by atoms with Gasteiger partial charge in [0, 0.05) is 13.0 Å². The van der Waals surface area contributed by atoms with Gasteiger partial charge in [0.05, 0.1) is 17.2 Å². The highest BCUT2D eigenvalue weighted by atomic mass is 16.6. The van der Waals surface area contributed by atoms with Crippen molar-refractivity contribution in [3.05, 3.63) is 106 Å². The normalized spacial score (nSPS) is 19.3. The van der Waals surface area contributed by atoms with E-state index in [1.807, 2.05) is 62.4 Å². The van der Waals surface area contributed by atoms with E-state index in [1.54, 1.807) is 24.3 Å². The van der Waals surface area contributed by atoms with E-state index in [9.17, 15) is 9.59 Å². The summed E-state index contributed by atoms with van der Waals surface area (Å²) in [6.45, 7) is 3.96. The molecule has 1 heterocycles. The van der Waals surface area contributed by atoms with Gasteiger partial charge in [-0.2, -0.15) is 0 Å². The monoisotopic (exact) mass is 474 g/mol. The predicted octanol–water partition coefficient (Wildman–Crippen LogP) is 4.75. The van der Waals surface area contributed by atoms with Crippen LogP contribution in [0.15, 0.2) is 72.8 Å². The second-order valence-electron chi connectivity index (χ2n) is 8.89. The average Bonchev–Trinajstić information content (AvgIpc) is 3.26. The Kier molecular flexibility index (Phi) is 7.95. The molecule has 1 aliphatic rings. The molecule has 35 heavy (non-hydrogen) atoms. The molecule has 0 bridgehead atoms. The van der Waals surface area contributed by atoms with Crippen LogP contribution in [0.1, 0.15) is 55.5 Å². The zero-order valence-electron chi connectivity index (χ0n) is 20.0. The van der Waals surface area contributed by atoms with Gasteiger partial charge in [-0.3, -0.25) is 0 Å². The number of rotatable bonds is 8. The second kappa shape index (κ2) is 11.3. The summed E-state index contributed by atoms with van der Waals surface area (Å²) in [5.74, 6) is -0.888. The molecular weight excluding hydrogens is 444 g/mol. The van der Waals surface area contributed by atoms with Crippen LogP contribution >= 0.6 is 0 Å². The number of aryl methyl sites for hydroxylation is 2. The van der Waals surface area contributed by atoms with Gasteiger partial charge in [-0.05, 0) is 55.7 Å². The number of hydrogen-bond donors (Lipinski definition) is 1. The van der Waals surface area contributed by atoms with Crippen LogP contribution in [-0.4, -0.2) is 42.5 Å². The first-order valence-corrected chi connectivity index (χ1v) is 11.8. The molecule has 0 radical (unpaired) electrons. The van der Waals surface area contributed by atoms with Gasteiger partial charge in [-0.1, -0.05) is 59.7 Å². The summed E-state index contributed by atoms with van der Waals surface area (Å²) in [6.07, 6.45) is -0.445. The van der Waals surface area contributed by atoms with Gasteiger partial charge in [0.2, 0.25) is 0 Å². The Bertz CT molecular complexity index is 1140. The zero-order valence-corrected chi connectivity index (χ0v) is 20.0. The van der Waals surface area contributed by atoms with Gasteiger partial charge >= 0.3 is 11.9 Å². The van der Waals surface area contributed by atoms with Crippen molar-refractivity contribution in [2.24, 2.45) is 0 Å². The van der Waals surface area contributed by atoms with Crippen LogP contribution in [0, 0.1) is 13.8 Å². The van der Waals surface area contributed by atoms with E-state index >= 15 is 0 Å². The average molecular weight is 475 g/mol.